The molecular weight excluding hydrogens is 342 g/mol. The van der Waals surface area contributed by atoms with Gasteiger partial charge in [-0.2, -0.15) is 5.26 Å². The molecular formula is C16H19N5O3S. The molecule has 9 heteroatoms. The van der Waals surface area contributed by atoms with Gasteiger partial charge in [-0.25, -0.2) is 9.89 Å². The van der Waals surface area contributed by atoms with Crippen LogP contribution in [0.3, 0.4) is 0 Å². The average molecular weight is 361 g/mol. The van der Waals surface area contributed by atoms with Crippen LogP contribution in [-0.2, 0) is 16.1 Å². The fraction of sp³-hybridized carbons (Fsp3) is 0.375. The molecule has 25 heavy (non-hydrogen) atoms. The molecule has 0 saturated heterocycles. The van der Waals surface area contributed by atoms with Crippen LogP contribution < -0.4 is 11.0 Å². The van der Waals surface area contributed by atoms with Gasteiger partial charge in [0.1, 0.15) is 0 Å². The number of hydrogen-bond acceptors (Lipinski definition) is 6. The summed E-state index contributed by atoms with van der Waals surface area (Å²) in [5, 5.41) is 18.0. The molecule has 0 saturated carbocycles. The highest BCUT2D eigenvalue weighted by Gasteiger charge is 2.19. The Bertz CT molecular complexity index is 806. The van der Waals surface area contributed by atoms with E-state index in [0.29, 0.717) is 36.0 Å². The van der Waals surface area contributed by atoms with Crippen LogP contribution in [0.4, 0.5) is 5.69 Å². The van der Waals surface area contributed by atoms with Gasteiger partial charge < -0.3 is 10.1 Å². The maximum absolute atomic E-state index is 12.3. The summed E-state index contributed by atoms with van der Waals surface area (Å²) in [5.41, 5.74) is 0.825. The third-order valence-electron chi connectivity index (χ3n) is 3.39. The maximum Gasteiger partial charge on any atom is 0.343 e. The second-order valence-electron chi connectivity index (χ2n) is 5.25. The van der Waals surface area contributed by atoms with E-state index < -0.39 is 5.25 Å². The number of carbonyl (C=O) groups excluding carboxylic acids is 1. The number of thioether (sulfide) groups is 1. The Morgan fingerprint density at radius 3 is 2.84 bits per heavy atom. The summed E-state index contributed by atoms with van der Waals surface area (Å²) in [6, 6.07) is 8.63. The van der Waals surface area contributed by atoms with Gasteiger partial charge >= 0.3 is 5.69 Å². The van der Waals surface area contributed by atoms with E-state index in [0.717, 1.165) is 0 Å². The smallest absolute Gasteiger partial charge is 0.343 e. The van der Waals surface area contributed by atoms with Crippen molar-refractivity contribution in [3.8, 4) is 6.07 Å². The van der Waals surface area contributed by atoms with E-state index in [9.17, 15) is 9.59 Å². The standard InChI is InChI=1S/C16H19N5O3S/c1-11(14(22)18-13-6-4-12(10-17)5-7-13)25-16-20-19-15(23)21(16)8-3-9-24-2/h4-7,11H,3,8-9H2,1-2H3,(H,18,22)(H,19,23). The monoisotopic (exact) mass is 361 g/mol. The van der Waals surface area contributed by atoms with Crippen molar-refractivity contribution in [2.45, 2.75) is 30.3 Å². The van der Waals surface area contributed by atoms with Crippen molar-refractivity contribution < 1.29 is 9.53 Å². The summed E-state index contributed by atoms with van der Waals surface area (Å²) >= 11 is 1.20. The van der Waals surface area contributed by atoms with Crippen molar-refractivity contribution in [2.75, 3.05) is 19.0 Å². The van der Waals surface area contributed by atoms with Crippen molar-refractivity contribution in [3.05, 3.63) is 40.3 Å². The first-order valence-corrected chi connectivity index (χ1v) is 8.55. The Morgan fingerprint density at radius 2 is 2.20 bits per heavy atom. The van der Waals surface area contributed by atoms with Crippen LogP contribution in [0.1, 0.15) is 18.9 Å². The summed E-state index contributed by atoms with van der Waals surface area (Å²) in [4.78, 5) is 24.1. The van der Waals surface area contributed by atoms with Gasteiger partial charge in [0.05, 0.1) is 16.9 Å². The van der Waals surface area contributed by atoms with Crippen molar-refractivity contribution in [1.82, 2.24) is 14.8 Å². The zero-order valence-corrected chi connectivity index (χ0v) is 14.8. The highest BCUT2D eigenvalue weighted by atomic mass is 32.2. The van der Waals surface area contributed by atoms with E-state index in [1.54, 1.807) is 38.3 Å². The number of anilines is 1. The Labute approximate surface area is 149 Å². The number of methoxy groups -OCH3 is 1. The quantitative estimate of drug-likeness (QED) is 0.545. The molecule has 0 aliphatic carbocycles. The highest BCUT2D eigenvalue weighted by Crippen LogP contribution is 2.21. The van der Waals surface area contributed by atoms with E-state index in [4.69, 9.17) is 10.00 Å². The summed E-state index contributed by atoms with van der Waals surface area (Å²) in [6.07, 6.45) is 0.676. The molecule has 2 N–H and O–H groups in total. The van der Waals surface area contributed by atoms with Gasteiger partial charge in [-0.05, 0) is 37.6 Å². The van der Waals surface area contributed by atoms with Crippen LogP contribution in [0.5, 0.6) is 0 Å². The van der Waals surface area contributed by atoms with Crippen molar-refractivity contribution in [2.24, 2.45) is 0 Å². The lowest BCUT2D eigenvalue weighted by Crippen LogP contribution is -2.24. The Kier molecular flexibility index (Phi) is 6.80. The largest absolute Gasteiger partial charge is 0.385 e. The van der Waals surface area contributed by atoms with Gasteiger partial charge in [0, 0.05) is 25.9 Å². The minimum Gasteiger partial charge on any atom is -0.385 e. The molecule has 132 valence electrons. The first-order chi connectivity index (χ1) is 12.0. The second kappa shape index (κ2) is 9.05. The number of carbonyl (C=O) groups is 1. The van der Waals surface area contributed by atoms with Crippen molar-refractivity contribution in [1.29, 1.82) is 5.26 Å². The number of H-pyrrole nitrogens is 1. The molecule has 0 aliphatic rings. The van der Waals surface area contributed by atoms with E-state index in [1.165, 1.54) is 16.3 Å². The number of hydrogen-bond donors (Lipinski definition) is 2. The number of aromatic nitrogens is 3. The molecule has 1 heterocycles. The van der Waals surface area contributed by atoms with E-state index in [2.05, 4.69) is 15.5 Å². The first-order valence-electron chi connectivity index (χ1n) is 7.67. The third-order valence-corrected chi connectivity index (χ3v) is 4.48. The lowest BCUT2D eigenvalue weighted by molar-refractivity contribution is -0.115. The Hall–Kier alpha value is -2.57. The van der Waals surface area contributed by atoms with Gasteiger partial charge in [-0.15, -0.1) is 5.10 Å². The molecule has 0 radical (unpaired) electrons. The molecule has 2 aromatic rings. The summed E-state index contributed by atoms with van der Waals surface area (Å²) in [7, 11) is 1.60. The molecule has 0 spiro atoms. The lowest BCUT2D eigenvalue weighted by Gasteiger charge is -2.12. The lowest BCUT2D eigenvalue weighted by atomic mass is 10.2. The molecule has 0 aliphatic heterocycles. The SMILES string of the molecule is COCCCn1c(SC(C)C(=O)Nc2ccc(C#N)cc2)n[nH]c1=O. The molecule has 1 unspecified atom stereocenters. The van der Waals surface area contributed by atoms with E-state index in [-0.39, 0.29) is 11.6 Å². The van der Waals surface area contributed by atoms with Gasteiger partial charge in [0.15, 0.2) is 5.16 Å². The van der Waals surface area contributed by atoms with E-state index in [1.807, 2.05) is 6.07 Å². The normalized spacial score (nSPS) is 11.7. The molecule has 1 amide bonds. The number of aromatic amines is 1. The van der Waals surface area contributed by atoms with Crippen LogP contribution in [0.15, 0.2) is 34.2 Å². The molecule has 8 nitrogen and oxygen atoms in total. The van der Waals surface area contributed by atoms with Crippen LogP contribution in [-0.4, -0.2) is 39.6 Å². The van der Waals surface area contributed by atoms with Gasteiger partial charge in [0.2, 0.25) is 5.91 Å². The fourth-order valence-electron chi connectivity index (χ4n) is 2.04. The van der Waals surface area contributed by atoms with Gasteiger partial charge in [0.25, 0.3) is 0 Å². The summed E-state index contributed by atoms with van der Waals surface area (Å²) in [5.74, 6) is -0.214. The zero-order chi connectivity index (χ0) is 18.2. The molecule has 1 aromatic carbocycles. The number of benzene rings is 1. The third kappa shape index (κ3) is 5.20. The van der Waals surface area contributed by atoms with Gasteiger partial charge in [-0.3, -0.25) is 9.36 Å². The van der Waals surface area contributed by atoms with Crippen LogP contribution >= 0.6 is 11.8 Å². The number of nitriles is 1. The zero-order valence-electron chi connectivity index (χ0n) is 14.0. The summed E-state index contributed by atoms with van der Waals surface area (Å²) in [6.45, 7) is 2.74. The van der Waals surface area contributed by atoms with Crippen LogP contribution in [0.25, 0.3) is 0 Å². The average Bonchev–Trinajstić information content (AvgIpc) is 2.96. The fourth-order valence-corrected chi connectivity index (χ4v) is 2.92. The molecule has 2 rings (SSSR count). The first kappa shape index (κ1) is 18.8. The predicted octanol–water partition coefficient (Wildman–Crippen LogP) is 1.60. The van der Waals surface area contributed by atoms with Crippen LogP contribution in [0, 0.1) is 11.3 Å². The topological polar surface area (TPSA) is 113 Å². The van der Waals surface area contributed by atoms with Crippen LogP contribution in [0.2, 0.25) is 0 Å². The predicted molar refractivity (Wildman–Crippen MR) is 94.4 cm³/mol. The Morgan fingerprint density at radius 1 is 1.48 bits per heavy atom. The second-order valence-corrected chi connectivity index (χ2v) is 6.56. The van der Waals surface area contributed by atoms with E-state index >= 15 is 0 Å². The molecule has 0 fully saturated rings. The molecule has 1 atom stereocenters. The van der Waals surface area contributed by atoms with Crippen molar-refractivity contribution >= 4 is 23.4 Å². The highest BCUT2D eigenvalue weighted by molar-refractivity contribution is 8.00. The molecule has 0 bridgehead atoms. The number of rotatable bonds is 8. The Balaban J connectivity index is 1.98. The van der Waals surface area contributed by atoms with Crippen molar-refractivity contribution in [3.63, 3.8) is 0 Å². The molecule has 1 aromatic heterocycles. The summed E-state index contributed by atoms with van der Waals surface area (Å²) < 4.78 is 6.48. The maximum atomic E-state index is 12.3. The number of nitrogens with zero attached hydrogens (tertiary/aromatic N) is 3. The minimum atomic E-state index is -0.452. The van der Waals surface area contributed by atoms with Gasteiger partial charge in [-0.1, -0.05) is 11.8 Å². The minimum absolute atomic E-state index is 0.214. The number of ether oxygens (including phenoxy) is 1. The number of amides is 1. The number of nitrogens with one attached hydrogen (secondary N) is 2.